The molecule has 1 aromatic rings. The van der Waals surface area contributed by atoms with Crippen LogP contribution in [0.3, 0.4) is 0 Å². The van der Waals surface area contributed by atoms with Gasteiger partial charge in [-0.2, -0.15) is 0 Å². The van der Waals surface area contributed by atoms with Crippen LogP contribution in [0.2, 0.25) is 0 Å². The summed E-state index contributed by atoms with van der Waals surface area (Å²) in [6.07, 6.45) is 3.22. The smallest absolute Gasteiger partial charge is 0.252 e. The Hall–Kier alpha value is -1.12. The van der Waals surface area contributed by atoms with Crippen molar-refractivity contribution in [3.05, 3.63) is 23.9 Å². The van der Waals surface area contributed by atoms with Crippen LogP contribution in [0.1, 0.15) is 18.4 Å². The van der Waals surface area contributed by atoms with Crippen molar-refractivity contribution in [1.82, 2.24) is 15.6 Å². The lowest BCUT2D eigenvalue weighted by atomic mass is 9.91. The van der Waals surface area contributed by atoms with Gasteiger partial charge in [0.25, 0.3) is 5.91 Å². The van der Waals surface area contributed by atoms with Gasteiger partial charge in [-0.15, -0.1) is 24.8 Å². The Morgan fingerprint density at radius 3 is 2.58 bits per heavy atom. The van der Waals surface area contributed by atoms with E-state index in [0.29, 0.717) is 19.4 Å². The maximum atomic E-state index is 12.5. The standard InChI is InChI=1S/C17H26N4O3.2ClH/c1-23-17(4-6-18-7-5-17)16(22)20-13-14-2-3-15(19-12-14)21-8-10-24-11-9-21;;/h2-3,12,18H,4-11,13H2,1H3,(H,20,22);2*1H. The first-order valence-corrected chi connectivity index (χ1v) is 8.55. The highest BCUT2D eigenvalue weighted by molar-refractivity contribution is 5.86. The van der Waals surface area contributed by atoms with Crippen molar-refractivity contribution in [1.29, 1.82) is 0 Å². The van der Waals surface area contributed by atoms with E-state index in [0.717, 1.165) is 50.8 Å². The normalized spacial score (nSPS) is 19.0. The lowest BCUT2D eigenvalue weighted by molar-refractivity contribution is -0.146. The van der Waals surface area contributed by atoms with Crippen LogP contribution < -0.4 is 15.5 Å². The van der Waals surface area contributed by atoms with Crippen molar-refractivity contribution in [2.45, 2.75) is 25.0 Å². The largest absolute Gasteiger partial charge is 0.378 e. The van der Waals surface area contributed by atoms with Gasteiger partial charge in [-0.25, -0.2) is 4.98 Å². The van der Waals surface area contributed by atoms with E-state index in [-0.39, 0.29) is 30.7 Å². The van der Waals surface area contributed by atoms with Gasteiger partial charge >= 0.3 is 0 Å². The van der Waals surface area contributed by atoms with E-state index >= 15 is 0 Å². The monoisotopic (exact) mass is 406 g/mol. The number of rotatable bonds is 5. The van der Waals surface area contributed by atoms with Crippen molar-refractivity contribution < 1.29 is 14.3 Å². The average molecular weight is 407 g/mol. The average Bonchev–Trinajstić information content (AvgIpc) is 2.67. The fraction of sp³-hybridized carbons (Fsp3) is 0.647. The van der Waals surface area contributed by atoms with E-state index < -0.39 is 5.60 Å². The number of pyridine rings is 1. The number of hydrogen-bond donors (Lipinski definition) is 2. The lowest BCUT2D eigenvalue weighted by Crippen LogP contribution is -2.53. The van der Waals surface area contributed by atoms with Gasteiger partial charge in [-0.05, 0) is 37.6 Å². The van der Waals surface area contributed by atoms with Gasteiger partial charge in [0.2, 0.25) is 0 Å². The van der Waals surface area contributed by atoms with Gasteiger partial charge in [0, 0.05) is 32.9 Å². The van der Waals surface area contributed by atoms with Crippen molar-refractivity contribution in [2.24, 2.45) is 0 Å². The molecule has 148 valence electrons. The van der Waals surface area contributed by atoms with E-state index in [2.05, 4.69) is 20.5 Å². The minimum absolute atomic E-state index is 0. The summed E-state index contributed by atoms with van der Waals surface area (Å²) in [5, 5.41) is 6.25. The molecule has 2 saturated heterocycles. The fourth-order valence-corrected chi connectivity index (χ4v) is 3.20. The molecule has 0 radical (unpaired) electrons. The number of halogens is 2. The molecule has 3 heterocycles. The molecule has 2 aliphatic heterocycles. The van der Waals surface area contributed by atoms with Gasteiger partial charge < -0.3 is 25.0 Å². The maximum absolute atomic E-state index is 12.5. The molecule has 0 aliphatic carbocycles. The number of anilines is 1. The number of carbonyl (C=O) groups excluding carboxylic acids is 1. The Kier molecular flexibility index (Phi) is 9.60. The van der Waals surface area contributed by atoms with E-state index in [1.165, 1.54) is 0 Å². The first-order valence-electron chi connectivity index (χ1n) is 8.55. The van der Waals surface area contributed by atoms with Crippen molar-refractivity contribution in [3.8, 4) is 0 Å². The Balaban J connectivity index is 0.00000169. The van der Waals surface area contributed by atoms with Crippen molar-refractivity contribution in [3.63, 3.8) is 0 Å². The third-order valence-corrected chi connectivity index (χ3v) is 4.81. The summed E-state index contributed by atoms with van der Waals surface area (Å²) in [6.45, 7) is 5.30. The van der Waals surface area contributed by atoms with Crippen LogP contribution in [-0.4, -0.2) is 63.0 Å². The molecule has 0 bridgehead atoms. The number of carbonyl (C=O) groups is 1. The molecule has 2 aliphatic rings. The summed E-state index contributed by atoms with van der Waals surface area (Å²) in [5.41, 5.74) is 0.285. The van der Waals surface area contributed by atoms with E-state index in [4.69, 9.17) is 9.47 Å². The second-order valence-corrected chi connectivity index (χ2v) is 6.26. The Bertz CT molecular complexity index is 547. The molecule has 2 fully saturated rings. The van der Waals surface area contributed by atoms with Crippen LogP contribution in [0.25, 0.3) is 0 Å². The van der Waals surface area contributed by atoms with Gasteiger partial charge in [-0.3, -0.25) is 4.79 Å². The van der Waals surface area contributed by atoms with Crippen LogP contribution >= 0.6 is 24.8 Å². The van der Waals surface area contributed by atoms with Gasteiger partial charge in [0.1, 0.15) is 11.4 Å². The molecular weight excluding hydrogens is 379 g/mol. The number of nitrogens with zero attached hydrogens (tertiary/aromatic N) is 2. The second kappa shape index (κ2) is 10.9. The zero-order chi connectivity index (χ0) is 16.8. The predicted octanol–water partition coefficient (Wildman–Crippen LogP) is 1.15. The summed E-state index contributed by atoms with van der Waals surface area (Å²) in [6, 6.07) is 4.02. The summed E-state index contributed by atoms with van der Waals surface area (Å²) >= 11 is 0. The summed E-state index contributed by atoms with van der Waals surface area (Å²) in [5.74, 6) is 0.920. The number of hydrogen-bond acceptors (Lipinski definition) is 6. The van der Waals surface area contributed by atoms with Crippen LogP contribution in [0.15, 0.2) is 18.3 Å². The highest BCUT2D eigenvalue weighted by Crippen LogP contribution is 2.22. The summed E-state index contributed by atoms with van der Waals surface area (Å²) < 4.78 is 10.9. The molecule has 2 N–H and O–H groups in total. The molecule has 7 nitrogen and oxygen atoms in total. The molecular formula is C17H28Cl2N4O3. The topological polar surface area (TPSA) is 75.7 Å². The van der Waals surface area contributed by atoms with Gasteiger partial charge in [0.05, 0.1) is 13.2 Å². The lowest BCUT2D eigenvalue weighted by Gasteiger charge is -2.34. The van der Waals surface area contributed by atoms with E-state index in [1.54, 1.807) is 7.11 Å². The Morgan fingerprint density at radius 1 is 1.31 bits per heavy atom. The predicted molar refractivity (Wildman–Crippen MR) is 105 cm³/mol. The molecule has 0 spiro atoms. The highest BCUT2D eigenvalue weighted by Gasteiger charge is 2.39. The minimum atomic E-state index is -0.702. The summed E-state index contributed by atoms with van der Waals surface area (Å²) in [7, 11) is 1.61. The molecule has 0 unspecified atom stereocenters. The number of aromatic nitrogens is 1. The third kappa shape index (κ3) is 5.44. The van der Waals surface area contributed by atoms with Crippen LogP contribution in [-0.2, 0) is 20.8 Å². The number of piperidine rings is 1. The van der Waals surface area contributed by atoms with Crippen LogP contribution in [0.5, 0.6) is 0 Å². The number of morpholine rings is 1. The molecule has 1 aromatic heterocycles. The Morgan fingerprint density at radius 2 is 2.00 bits per heavy atom. The molecule has 26 heavy (non-hydrogen) atoms. The third-order valence-electron chi connectivity index (χ3n) is 4.81. The van der Waals surface area contributed by atoms with Gasteiger partial charge in [-0.1, -0.05) is 6.07 Å². The number of nitrogens with one attached hydrogen (secondary N) is 2. The maximum Gasteiger partial charge on any atom is 0.252 e. The molecule has 1 amide bonds. The van der Waals surface area contributed by atoms with Crippen molar-refractivity contribution >= 4 is 36.5 Å². The Labute approximate surface area is 167 Å². The zero-order valence-corrected chi connectivity index (χ0v) is 16.7. The number of methoxy groups -OCH3 is 1. The molecule has 0 saturated carbocycles. The molecule has 0 aromatic carbocycles. The first kappa shape index (κ1) is 22.9. The SMILES string of the molecule is COC1(C(=O)NCc2ccc(N3CCOCC3)nc2)CCNCC1.Cl.Cl. The second-order valence-electron chi connectivity index (χ2n) is 6.26. The highest BCUT2D eigenvalue weighted by atomic mass is 35.5. The molecule has 9 heteroatoms. The molecule has 0 atom stereocenters. The first-order chi connectivity index (χ1) is 11.7. The quantitative estimate of drug-likeness (QED) is 0.763. The number of ether oxygens (including phenoxy) is 2. The molecule has 3 rings (SSSR count). The number of amides is 1. The van der Waals surface area contributed by atoms with Gasteiger partial charge in [0.15, 0.2) is 0 Å². The summed E-state index contributed by atoms with van der Waals surface area (Å²) in [4.78, 5) is 19.2. The van der Waals surface area contributed by atoms with E-state index in [9.17, 15) is 4.79 Å². The van der Waals surface area contributed by atoms with Crippen LogP contribution in [0, 0.1) is 0 Å². The van der Waals surface area contributed by atoms with E-state index in [1.807, 2.05) is 18.3 Å². The van der Waals surface area contributed by atoms with Crippen LogP contribution in [0.4, 0.5) is 5.82 Å². The fourth-order valence-electron chi connectivity index (χ4n) is 3.20. The van der Waals surface area contributed by atoms with Crippen molar-refractivity contribution in [2.75, 3.05) is 51.4 Å². The zero-order valence-electron chi connectivity index (χ0n) is 15.0. The minimum Gasteiger partial charge on any atom is -0.378 e.